The lowest BCUT2D eigenvalue weighted by atomic mass is 10.0. The lowest BCUT2D eigenvalue weighted by Gasteiger charge is -2.34. The molecule has 1 aromatic heterocycles. The van der Waals surface area contributed by atoms with E-state index >= 15 is 0 Å². The number of primary amides is 1. The van der Waals surface area contributed by atoms with Gasteiger partial charge in [-0.25, -0.2) is 8.42 Å². The van der Waals surface area contributed by atoms with Crippen LogP contribution in [0.4, 0.5) is 0 Å². The summed E-state index contributed by atoms with van der Waals surface area (Å²) in [5.41, 5.74) is 5.40. The van der Waals surface area contributed by atoms with Crippen molar-refractivity contribution in [3.63, 3.8) is 0 Å². The van der Waals surface area contributed by atoms with Gasteiger partial charge in [-0.1, -0.05) is 12.8 Å². The molecule has 0 bridgehead atoms. The highest BCUT2D eigenvalue weighted by Crippen LogP contribution is 2.28. The zero-order valence-electron chi connectivity index (χ0n) is 15.1. The monoisotopic (exact) mass is 382 g/mol. The molecule has 1 aromatic rings. The lowest BCUT2D eigenvalue weighted by molar-refractivity contribution is -0.133. The highest BCUT2D eigenvalue weighted by molar-refractivity contribution is 7.89. The fourth-order valence-electron chi connectivity index (χ4n) is 3.84. The highest BCUT2D eigenvalue weighted by Gasteiger charge is 2.32. The summed E-state index contributed by atoms with van der Waals surface area (Å²) in [6, 6.07) is 1.30. The molecule has 0 radical (unpaired) electrons. The average molecular weight is 382 g/mol. The maximum atomic E-state index is 12.8. The SMILES string of the molecule is Cn1cc(S(=O)(=O)N2CCN(C(=O)CC3CCCC3)CC2)cc1C(N)=O. The zero-order valence-corrected chi connectivity index (χ0v) is 15.9. The van der Waals surface area contributed by atoms with Crippen LogP contribution in [-0.2, 0) is 21.9 Å². The third-order valence-electron chi connectivity index (χ3n) is 5.40. The van der Waals surface area contributed by atoms with Gasteiger partial charge in [-0.2, -0.15) is 4.31 Å². The molecule has 9 heteroatoms. The van der Waals surface area contributed by atoms with Crippen molar-refractivity contribution in [3.05, 3.63) is 18.0 Å². The zero-order chi connectivity index (χ0) is 18.9. The molecule has 8 nitrogen and oxygen atoms in total. The molecule has 0 atom stereocenters. The van der Waals surface area contributed by atoms with Crippen molar-refractivity contribution in [1.82, 2.24) is 13.8 Å². The predicted octanol–water partition coefficient (Wildman–Crippen LogP) is 0.537. The summed E-state index contributed by atoms with van der Waals surface area (Å²) in [5.74, 6) is -0.0539. The van der Waals surface area contributed by atoms with Crippen LogP contribution in [0.5, 0.6) is 0 Å². The van der Waals surface area contributed by atoms with Crippen LogP contribution in [0.1, 0.15) is 42.6 Å². The number of amides is 2. The number of carbonyl (C=O) groups excluding carboxylic acids is 2. The second-order valence-electron chi connectivity index (χ2n) is 7.18. The van der Waals surface area contributed by atoms with Crippen molar-refractivity contribution < 1.29 is 18.0 Å². The first-order chi connectivity index (χ1) is 12.3. The first-order valence-corrected chi connectivity index (χ1v) is 10.5. The fraction of sp³-hybridized carbons (Fsp3) is 0.647. The van der Waals surface area contributed by atoms with Gasteiger partial charge in [0, 0.05) is 45.8 Å². The van der Waals surface area contributed by atoms with Crippen molar-refractivity contribution in [2.24, 2.45) is 18.7 Å². The summed E-state index contributed by atoms with van der Waals surface area (Å²) in [4.78, 5) is 25.6. The molecule has 2 N–H and O–H groups in total. The molecule has 2 aliphatic rings. The Kier molecular flexibility index (Phi) is 5.38. The van der Waals surface area contributed by atoms with Gasteiger partial charge in [0.2, 0.25) is 15.9 Å². The highest BCUT2D eigenvalue weighted by atomic mass is 32.2. The Balaban J connectivity index is 1.62. The molecule has 0 spiro atoms. The standard InChI is InChI=1S/C17H26N4O4S/c1-19-12-14(11-15(19)17(18)23)26(24,25)21-8-6-20(7-9-21)16(22)10-13-4-2-3-5-13/h11-13H,2-10H2,1H3,(H2,18,23). The number of aryl methyl sites for hydroxylation is 1. The first-order valence-electron chi connectivity index (χ1n) is 9.03. The minimum absolute atomic E-state index is 0.0551. The van der Waals surface area contributed by atoms with E-state index in [1.165, 1.54) is 34.0 Å². The molecule has 144 valence electrons. The molecule has 26 heavy (non-hydrogen) atoms. The molecule has 2 heterocycles. The molecular formula is C17H26N4O4S. The van der Waals surface area contributed by atoms with Crippen LogP contribution in [0.2, 0.25) is 0 Å². The number of nitrogens with zero attached hydrogens (tertiary/aromatic N) is 3. The minimum Gasteiger partial charge on any atom is -0.364 e. The predicted molar refractivity (Wildman–Crippen MR) is 95.8 cm³/mol. The summed E-state index contributed by atoms with van der Waals surface area (Å²) in [5, 5.41) is 0. The second kappa shape index (κ2) is 7.40. The first kappa shape index (κ1) is 18.9. The van der Waals surface area contributed by atoms with Gasteiger partial charge in [0.25, 0.3) is 5.91 Å². The summed E-state index contributed by atoms with van der Waals surface area (Å²) < 4.78 is 28.4. The summed E-state index contributed by atoms with van der Waals surface area (Å²) >= 11 is 0. The van der Waals surface area contributed by atoms with E-state index in [0.29, 0.717) is 25.4 Å². The Morgan fingerprint density at radius 1 is 1.15 bits per heavy atom. The van der Waals surface area contributed by atoms with Crippen LogP contribution < -0.4 is 5.73 Å². The number of rotatable bonds is 5. The molecule has 1 aliphatic heterocycles. The van der Waals surface area contributed by atoms with Crippen molar-refractivity contribution in [3.8, 4) is 0 Å². The maximum absolute atomic E-state index is 12.8. The largest absolute Gasteiger partial charge is 0.364 e. The van der Waals surface area contributed by atoms with Gasteiger partial charge in [0.15, 0.2) is 0 Å². The van der Waals surface area contributed by atoms with Crippen LogP contribution in [0.25, 0.3) is 0 Å². The number of hydrogen-bond acceptors (Lipinski definition) is 4. The topological polar surface area (TPSA) is 106 Å². The number of nitrogens with two attached hydrogens (primary N) is 1. The van der Waals surface area contributed by atoms with Crippen LogP contribution in [0, 0.1) is 5.92 Å². The van der Waals surface area contributed by atoms with Gasteiger partial charge in [0.1, 0.15) is 10.6 Å². The van der Waals surface area contributed by atoms with Crippen LogP contribution >= 0.6 is 0 Å². The van der Waals surface area contributed by atoms with Gasteiger partial charge in [-0.3, -0.25) is 9.59 Å². The number of carbonyl (C=O) groups is 2. The molecule has 1 saturated heterocycles. The lowest BCUT2D eigenvalue weighted by Crippen LogP contribution is -2.50. The van der Waals surface area contributed by atoms with E-state index in [1.54, 1.807) is 11.9 Å². The molecule has 0 unspecified atom stereocenters. The van der Waals surface area contributed by atoms with E-state index in [1.807, 2.05) is 0 Å². The van der Waals surface area contributed by atoms with Crippen molar-refractivity contribution in [1.29, 1.82) is 0 Å². The van der Waals surface area contributed by atoms with E-state index in [9.17, 15) is 18.0 Å². The molecule has 3 rings (SSSR count). The normalized spacial score (nSPS) is 19.8. The third kappa shape index (κ3) is 3.78. The smallest absolute Gasteiger partial charge is 0.265 e. The Morgan fingerprint density at radius 2 is 1.77 bits per heavy atom. The van der Waals surface area contributed by atoms with E-state index in [2.05, 4.69) is 0 Å². The van der Waals surface area contributed by atoms with Crippen molar-refractivity contribution in [2.75, 3.05) is 26.2 Å². The molecule has 0 aromatic carbocycles. The fourth-order valence-corrected chi connectivity index (χ4v) is 5.33. The number of hydrogen-bond donors (Lipinski definition) is 1. The van der Waals surface area contributed by atoms with E-state index in [-0.39, 0.29) is 29.6 Å². The maximum Gasteiger partial charge on any atom is 0.265 e. The Labute approximate surface area is 154 Å². The Morgan fingerprint density at radius 3 is 2.31 bits per heavy atom. The van der Waals surface area contributed by atoms with Crippen molar-refractivity contribution in [2.45, 2.75) is 37.0 Å². The van der Waals surface area contributed by atoms with Gasteiger partial charge in [0.05, 0.1) is 0 Å². The van der Waals surface area contributed by atoms with Gasteiger partial charge in [-0.15, -0.1) is 0 Å². The number of piperazine rings is 1. The van der Waals surface area contributed by atoms with Crippen molar-refractivity contribution >= 4 is 21.8 Å². The Hall–Kier alpha value is -1.87. The van der Waals surface area contributed by atoms with E-state index in [4.69, 9.17) is 5.73 Å². The minimum atomic E-state index is -3.70. The van der Waals surface area contributed by atoms with E-state index < -0.39 is 15.9 Å². The van der Waals surface area contributed by atoms with E-state index in [0.717, 1.165) is 12.8 Å². The molecule has 1 saturated carbocycles. The third-order valence-corrected chi connectivity index (χ3v) is 7.26. The summed E-state index contributed by atoms with van der Waals surface area (Å²) in [7, 11) is -2.12. The second-order valence-corrected chi connectivity index (χ2v) is 9.11. The summed E-state index contributed by atoms with van der Waals surface area (Å²) in [6.07, 6.45) is 6.62. The van der Waals surface area contributed by atoms with Gasteiger partial charge in [-0.05, 0) is 24.8 Å². The molecule has 2 fully saturated rings. The molecular weight excluding hydrogens is 356 g/mol. The van der Waals surface area contributed by atoms with Gasteiger partial charge < -0.3 is 15.2 Å². The number of aromatic nitrogens is 1. The average Bonchev–Trinajstić information content (AvgIpc) is 3.24. The number of sulfonamides is 1. The summed E-state index contributed by atoms with van der Waals surface area (Å²) in [6.45, 7) is 1.33. The molecule has 1 aliphatic carbocycles. The van der Waals surface area contributed by atoms with Crippen LogP contribution in [-0.4, -0.2) is 60.2 Å². The quantitative estimate of drug-likeness (QED) is 0.802. The molecule has 2 amide bonds. The van der Waals surface area contributed by atoms with Crippen LogP contribution in [0.3, 0.4) is 0 Å². The van der Waals surface area contributed by atoms with Crippen LogP contribution in [0.15, 0.2) is 17.2 Å². The Bertz CT molecular complexity index is 788. The van der Waals surface area contributed by atoms with Gasteiger partial charge >= 0.3 is 0 Å².